The number of benzene rings is 1. The largest absolute Gasteiger partial charge is 0.493 e. The van der Waals surface area contributed by atoms with E-state index in [2.05, 4.69) is 0 Å². The number of carbonyl (C=O) groups excluding carboxylic acids is 1. The standard InChI is InChI=1S/C15H16O5/c1-4-18-12-7-6-10-11(16)8-13(15(17)19-5-2)20-14(10)9(12)3/h6-8H,4-5H2,1-3H3. The molecule has 0 saturated carbocycles. The van der Waals surface area contributed by atoms with Crippen LogP contribution >= 0.6 is 0 Å². The average Bonchev–Trinajstić information content (AvgIpc) is 2.42. The van der Waals surface area contributed by atoms with Crippen molar-refractivity contribution >= 4 is 16.9 Å². The minimum Gasteiger partial charge on any atom is -0.493 e. The Hall–Kier alpha value is -2.30. The molecule has 0 spiro atoms. The molecule has 0 unspecified atom stereocenters. The van der Waals surface area contributed by atoms with Gasteiger partial charge in [0.25, 0.3) is 0 Å². The summed E-state index contributed by atoms with van der Waals surface area (Å²) < 4.78 is 15.8. The van der Waals surface area contributed by atoms with Crippen molar-refractivity contribution in [1.82, 2.24) is 0 Å². The van der Waals surface area contributed by atoms with Crippen LogP contribution in [0.2, 0.25) is 0 Å². The summed E-state index contributed by atoms with van der Waals surface area (Å²) in [6.45, 7) is 6.07. The molecule has 5 heteroatoms. The monoisotopic (exact) mass is 276 g/mol. The lowest BCUT2D eigenvalue weighted by Crippen LogP contribution is -2.10. The van der Waals surface area contributed by atoms with Crippen LogP contribution in [0.4, 0.5) is 0 Å². The van der Waals surface area contributed by atoms with Gasteiger partial charge in [-0.3, -0.25) is 4.79 Å². The highest BCUT2D eigenvalue weighted by Crippen LogP contribution is 2.26. The van der Waals surface area contributed by atoms with Crippen LogP contribution in [0.15, 0.2) is 27.4 Å². The van der Waals surface area contributed by atoms with E-state index in [1.807, 2.05) is 6.92 Å². The topological polar surface area (TPSA) is 65.7 Å². The van der Waals surface area contributed by atoms with Crippen molar-refractivity contribution in [1.29, 1.82) is 0 Å². The minimum atomic E-state index is -0.646. The fourth-order valence-electron chi connectivity index (χ4n) is 1.95. The third kappa shape index (κ3) is 2.52. The lowest BCUT2D eigenvalue weighted by molar-refractivity contribution is 0.0490. The van der Waals surface area contributed by atoms with E-state index in [0.29, 0.717) is 28.9 Å². The molecule has 0 radical (unpaired) electrons. The van der Waals surface area contributed by atoms with E-state index in [1.165, 1.54) is 0 Å². The summed E-state index contributed by atoms with van der Waals surface area (Å²) in [7, 11) is 0. The van der Waals surface area contributed by atoms with Gasteiger partial charge in [0.05, 0.1) is 18.6 Å². The molecule has 0 aliphatic heterocycles. The second kappa shape index (κ2) is 5.77. The van der Waals surface area contributed by atoms with E-state index in [-0.39, 0.29) is 17.8 Å². The van der Waals surface area contributed by atoms with Crippen molar-refractivity contribution < 1.29 is 18.7 Å². The molecule has 1 aromatic heterocycles. The predicted octanol–water partition coefficient (Wildman–Crippen LogP) is 2.68. The summed E-state index contributed by atoms with van der Waals surface area (Å²) in [5, 5.41) is 0.416. The Labute approximate surface area is 116 Å². The second-order valence-corrected chi connectivity index (χ2v) is 4.19. The summed E-state index contributed by atoms with van der Waals surface area (Å²) in [4.78, 5) is 23.7. The fourth-order valence-corrected chi connectivity index (χ4v) is 1.95. The van der Waals surface area contributed by atoms with Crippen LogP contribution in [0, 0.1) is 6.92 Å². The van der Waals surface area contributed by atoms with Gasteiger partial charge in [-0.25, -0.2) is 4.79 Å². The summed E-state index contributed by atoms with van der Waals surface area (Å²) in [5.41, 5.74) is 0.763. The van der Waals surface area contributed by atoms with Crippen molar-refractivity contribution in [2.24, 2.45) is 0 Å². The Morgan fingerprint density at radius 2 is 2.00 bits per heavy atom. The molecule has 0 amide bonds. The first-order valence-electron chi connectivity index (χ1n) is 6.45. The first kappa shape index (κ1) is 14.1. The zero-order valence-electron chi connectivity index (χ0n) is 11.7. The molecule has 2 aromatic rings. The molecule has 20 heavy (non-hydrogen) atoms. The third-order valence-corrected chi connectivity index (χ3v) is 2.87. The van der Waals surface area contributed by atoms with Crippen LogP contribution in [-0.4, -0.2) is 19.2 Å². The van der Waals surface area contributed by atoms with Crippen molar-refractivity contribution in [2.75, 3.05) is 13.2 Å². The van der Waals surface area contributed by atoms with Crippen LogP contribution < -0.4 is 10.2 Å². The summed E-state index contributed by atoms with van der Waals surface area (Å²) in [6, 6.07) is 4.51. The van der Waals surface area contributed by atoms with Gasteiger partial charge in [-0.05, 0) is 32.9 Å². The van der Waals surface area contributed by atoms with Gasteiger partial charge in [0, 0.05) is 11.6 Å². The van der Waals surface area contributed by atoms with Gasteiger partial charge in [-0.1, -0.05) is 0 Å². The lowest BCUT2D eigenvalue weighted by atomic mass is 10.1. The molecule has 0 bridgehead atoms. The van der Waals surface area contributed by atoms with E-state index >= 15 is 0 Å². The van der Waals surface area contributed by atoms with E-state index in [0.717, 1.165) is 6.07 Å². The van der Waals surface area contributed by atoms with E-state index in [1.54, 1.807) is 26.0 Å². The van der Waals surface area contributed by atoms with Crippen molar-refractivity contribution in [3.8, 4) is 5.75 Å². The Kier molecular flexibility index (Phi) is 4.08. The molecule has 0 saturated heterocycles. The van der Waals surface area contributed by atoms with Gasteiger partial charge >= 0.3 is 5.97 Å². The Morgan fingerprint density at radius 3 is 2.65 bits per heavy atom. The molecular formula is C15H16O5. The number of hydrogen-bond donors (Lipinski definition) is 0. The Bertz CT molecular complexity index is 699. The van der Waals surface area contributed by atoms with Crippen LogP contribution in [0.1, 0.15) is 30.0 Å². The average molecular weight is 276 g/mol. The highest BCUT2D eigenvalue weighted by molar-refractivity contribution is 5.90. The lowest BCUT2D eigenvalue weighted by Gasteiger charge is -2.09. The van der Waals surface area contributed by atoms with Crippen LogP contribution in [0.5, 0.6) is 5.75 Å². The molecule has 2 rings (SSSR count). The first-order valence-corrected chi connectivity index (χ1v) is 6.45. The van der Waals surface area contributed by atoms with Gasteiger partial charge in [0.2, 0.25) is 5.76 Å². The molecular weight excluding hydrogens is 260 g/mol. The van der Waals surface area contributed by atoms with E-state index in [4.69, 9.17) is 13.9 Å². The molecule has 0 aliphatic carbocycles. The Morgan fingerprint density at radius 1 is 1.25 bits per heavy atom. The maximum absolute atomic E-state index is 12.0. The molecule has 106 valence electrons. The number of carbonyl (C=O) groups is 1. The van der Waals surface area contributed by atoms with Gasteiger partial charge in [-0.15, -0.1) is 0 Å². The van der Waals surface area contributed by atoms with Crippen molar-refractivity contribution in [3.05, 3.63) is 39.7 Å². The highest BCUT2D eigenvalue weighted by Gasteiger charge is 2.16. The molecule has 1 aromatic carbocycles. The molecule has 0 fully saturated rings. The van der Waals surface area contributed by atoms with E-state index in [9.17, 15) is 9.59 Å². The molecule has 1 heterocycles. The fraction of sp³-hybridized carbons (Fsp3) is 0.333. The predicted molar refractivity (Wildman–Crippen MR) is 74.3 cm³/mol. The number of hydrogen-bond acceptors (Lipinski definition) is 5. The SMILES string of the molecule is CCOC(=O)c1cc(=O)c2ccc(OCC)c(C)c2o1. The van der Waals surface area contributed by atoms with Crippen LogP contribution in [0.25, 0.3) is 11.0 Å². The number of fused-ring (bicyclic) bond motifs is 1. The highest BCUT2D eigenvalue weighted by atomic mass is 16.5. The molecule has 0 N–H and O–H groups in total. The summed E-state index contributed by atoms with van der Waals surface area (Å²) >= 11 is 0. The van der Waals surface area contributed by atoms with Crippen molar-refractivity contribution in [3.63, 3.8) is 0 Å². The zero-order chi connectivity index (χ0) is 14.7. The zero-order valence-corrected chi connectivity index (χ0v) is 11.7. The maximum Gasteiger partial charge on any atom is 0.374 e. The third-order valence-electron chi connectivity index (χ3n) is 2.87. The molecule has 0 aliphatic rings. The quantitative estimate of drug-likeness (QED) is 0.803. The Balaban J connectivity index is 2.64. The van der Waals surface area contributed by atoms with Crippen molar-refractivity contribution in [2.45, 2.75) is 20.8 Å². The maximum atomic E-state index is 12.0. The number of aryl methyl sites for hydroxylation is 1. The van der Waals surface area contributed by atoms with Gasteiger partial charge < -0.3 is 13.9 Å². The van der Waals surface area contributed by atoms with Gasteiger partial charge in [-0.2, -0.15) is 0 Å². The number of esters is 1. The van der Waals surface area contributed by atoms with E-state index < -0.39 is 5.97 Å². The van der Waals surface area contributed by atoms with Crippen LogP contribution in [-0.2, 0) is 4.74 Å². The van der Waals surface area contributed by atoms with Crippen LogP contribution in [0.3, 0.4) is 0 Å². The molecule has 5 nitrogen and oxygen atoms in total. The minimum absolute atomic E-state index is 0.0962. The normalized spacial score (nSPS) is 10.6. The number of rotatable bonds is 4. The number of ether oxygens (including phenoxy) is 2. The summed E-state index contributed by atoms with van der Waals surface area (Å²) in [5.74, 6) is -0.113. The first-order chi connectivity index (χ1) is 9.58. The summed E-state index contributed by atoms with van der Waals surface area (Å²) in [6.07, 6.45) is 0. The van der Waals surface area contributed by atoms with Gasteiger partial charge in [0.15, 0.2) is 5.43 Å². The van der Waals surface area contributed by atoms with Gasteiger partial charge in [0.1, 0.15) is 11.3 Å². The smallest absolute Gasteiger partial charge is 0.374 e. The molecule has 0 atom stereocenters. The second-order valence-electron chi connectivity index (χ2n) is 4.19.